The van der Waals surface area contributed by atoms with Gasteiger partial charge in [0.2, 0.25) is 0 Å². The zero-order valence-corrected chi connectivity index (χ0v) is 13.6. The second-order valence-corrected chi connectivity index (χ2v) is 5.48. The number of nitro groups is 1. The quantitative estimate of drug-likeness (QED) is 0.410. The molecule has 2 aromatic carbocycles. The summed E-state index contributed by atoms with van der Waals surface area (Å²) in [7, 11) is 0. The Morgan fingerprint density at radius 2 is 1.90 bits per heavy atom. The minimum absolute atomic E-state index is 0.0569. The van der Waals surface area contributed by atoms with E-state index in [4.69, 9.17) is 4.74 Å². The molecule has 0 heterocycles. The molecule has 20 heavy (non-hydrogen) atoms. The van der Waals surface area contributed by atoms with E-state index >= 15 is 0 Å². The normalized spacial score (nSPS) is 10.3. The summed E-state index contributed by atoms with van der Waals surface area (Å²) in [5.74, 6) is 0.801. The summed E-state index contributed by atoms with van der Waals surface area (Å²) in [5.41, 5.74) is 1.98. The number of non-ortho nitro benzene ring substituents is 1. The number of rotatable bonds is 5. The van der Waals surface area contributed by atoms with Gasteiger partial charge in [0.1, 0.15) is 12.4 Å². The van der Waals surface area contributed by atoms with Gasteiger partial charge in [0.25, 0.3) is 5.69 Å². The van der Waals surface area contributed by atoms with Crippen LogP contribution in [-0.4, -0.2) is 4.92 Å². The molecule has 0 radical (unpaired) electrons. The zero-order valence-electron chi connectivity index (χ0n) is 10.4. The van der Waals surface area contributed by atoms with E-state index in [9.17, 15) is 10.1 Å². The molecule has 0 amide bonds. The van der Waals surface area contributed by atoms with Gasteiger partial charge in [0.05, 0.1) is 4.92 Å². The Labute approximate surface area is 133 Å². The van der Waals surface area contributed by atoms with Crippen LogP contribution in [0.25, 0.3) is 0 Å². The minimum Gasteiger partial charge on any atom is -0.489 e. The fourth-order valence-electron chi connectivity index (χ4n) is 1.68. The third-order valence-electron chi connectivity index (χ3n) is 2.75. The van der Waals surface area contributed by atoms with Gasteiger partial charge in [-0.05, 0) is 12.1 Å². The van der Waals surface area contributed by atoms with E-state index in [-0.39, 0.29) is 5.69 Å². The Morgan fingerprint density at radius 1 is 1.15 bits per heavy atom. The molecule has 0 saturated carbocycles. The molecule has 4 nitrogen and oxygen atoms in total. The zero-order chi connectivity index (χ0) is 14.5. The van der Waals surface area contributed by atoms with Crippen molar-refractivity contribution in [1.82, 2.24) is 0 Å². The summed E-state index contributed by atoms with van der Waals surface area (Å²) in [6, 6.07) is 12.4. The van der Waals surface area contributed by atoms with Crippen LogP contribution in [0.3, 0.4) is 0 Å². The SMILES string of the molecule is O=[N+]([O-])c1ccc(COc2ccccc2CBr)c(Br)c1. The summed E-state index contributed by atoms with van der Waals surface area (Å²) in [6.07, 6.45) is 0. The van der Waals surface area contributed by atoms with E-state index in [2.05, 4.69) is 31.9 Å². The molecule has 0 saturated heterocycles. The fraction of sp³-hybridized carbons (Fsp3) is 0.143. The first-order chi connectivity index (χ1) is 9.61. The average Bonchev–Trinajstić information content (AvgIpc) is 2.46. The van der Waals surface area contributed by atoms with Gasteiger partial charge in [0.15, 0.2) is 0 Å². The maximum atomic E-state index is 10.7. The summed E-state index contributed by atoms with van der Waals surface area (Å²) in [6.45, 7) is 0.350. The Bertz CT molecular complexity index is 632. The highest BCUT2D eigenvalue weighted by atomic mass is 79.9. The van der Waals surface area contributed by atoms with Crippen molar-refractivity contribution in [3.8, 4) is 5.75 Å². The number of benzene rings is 2. The van der Waals surface area contributed by atoms with Gasteiger partial charge in [-0.1, -0.05) is 50.1 Å². The van der Waals surface area contributed by atoms with Crippen LogP contribution in [-0.2, 0) is 11.9 Å². The monoisotopic (exact) mass is 399 g/mol. The Morgan fingerprint density at radius 3 is 2.55 bits per heavy atom. The third kappa shape index (κ3) is 3.58. The molecule has 0 aromatic heterocycles. The highest BCUT2D eigenvalue weighted by Gasteiger charge is 2.10. The topological polar surface area (TPSA) is 52.4 Å². The third-order valence-corrected chi connectivity index (χ3v) is 4.09. The van der Waals surface area contributed by atoms with Crippen LogP contribution in [0.5, 0.6) is 5.75 Å². The summed E-state index contributed by atoms with van der Waals surface area (Å²) >= 11 is 6.74. The van der Waals surface area contributed by atoms with E-state index in [0.717, 1.165) is 16.9 Å². The van der Waals surface area contributed by atoms with E-state index in [1.54, 1.807) is 6.07 Å². The number of halogens is 2. The van der Waals surface area contributed by atoms with Crippen molar-refractivity contribution in [3.05, 3.63) is 68.2 Å². The lowest BCUT2D eigenvalue weighted by molar-refractivity contribution is -0.384. The van der Waals surface area contributed by atoms with Crippen LogP contribution in [0.15, 0.2) is 46.9 Å². The lowest BCUT2D eigenvalue weighted by Crippen LogP contribution is -1.99. The van der Waals surface area contributed by atoms with Crippen molar-refractivity contribution in [2.45, 2.75) is 11.9 Å². The summed E-state index contributed by atoms with van der Waals surface area (Å²) in [4.78, 5) is 10.3. The van der Waals surface area contributed by atoms with Crippen LogP contribution >= 0.6 is 31.9 Å². The van der Waals surface area contributed by atoms with Gasteiger partial charge in [-0.25, -0.2) is 0 Å². The number of hydrogen-bond donors (Lipinski definition) is 0. The van der Waals surface area contributed by atoms with Crippen LogP contribution in [0, 0.1) is 10.1 Å². The smallest absolute Gasteiger partial charge is 0.270 e. The lowest BCUT2D eigenvalue weighted by Gasteiger charge is -2.10. The van der Waals surface area contributed by atoms with E-state index in [1.807, 2.05) is 24.3 Å². The van der Waals surface area contributed by atoms with Gasteiger partial charge < -0.3 is 4.74 Å². The van der Waals surface area contributed by atoms with Gasteiger partial charge in [0, 0.05) is 33.1 Å². The molecule has 0 aliphatic rings. The average molecular weight is 401 g/mol. The Kier molecular flexibility index (Phi) is 5.14. The maximum absolute atomic E-state index is 10.7. The predicted octanol–water partition coefficient (Wildman–Crippen LogP) is 4.83. The molecule has 0 unspecified atom stereocenters. The van der Waals surface area contributed by atoms with Crippen LogP contribution in [0.1, 0.15) is 11.1 Å². The molecule has 2 aromatic rings. The fourth-order valence-corrected chi connectivity index (χ4v) is 2.62. The van der Waals surface area contributed by atoms with E-state index in [1.165, 1.54) is 12.1 Å². The molecule has 0 aliphatic carbocycles. The summed E-state index contributed by atoms with van der Waals surface area (Å²) in [5, 5.41) is 11.4. The van der Waals surface area contributed by atoms with Crippen LogP contribution < -0.4 is 4.74 Å². The molecular formula is C14H11Br2NO3. The molecule has 0 bridgehead atoms. The summed E-state index contributed by atoms with van der Waals surface area (Å²) < 4.78 is 6.43. The molecular weight excluding hydrogens is 390 g/mol. The lowest BCUT2D eigenvalue weighted by atomic mass is 10.2. The van der Waals surface area contributed by atoms with Crippen LogP contribution in [0.2, 0.25) is 0 Å². The highest BCUT2D eigenvalue weighted by Crippen LogP contribution is 2.26. The number of nitro benzene ring substituents is 1. The van der Waals surface area contributed by atoms with E-state index < -0.39 is 4.92 Å². The first-order valence-electron chi connectivity index (χ1n) is 5.81. The first-order valence-corrected chi connectivity index (χ1v) is 7.72. The Hall–Kier alpha value is -1.40. The molecule has 0 spiro atoms. The number of hydrogen-bond acceptors (Lipinski definition) is 3. The van der Waals surface area contributed by atoms with Crippen LogP contribution in [0.4, 0.5) is 5.69 Å². The van der Waals surface area contributed by atoms with E-state index in [0.29, 0.717) is 16.4 Å². The standard InChI is InChI=1S/C14H11Br2NO3/c15-8-10-3-1-2-4-14(10)20-9-11-5-6-12(17(18)19)7-13(11)16/h1-7H,8-9H2. The van der Waals surface area contributed by atoms with Crippen molar-refractivity contribution in [2.75, 3.05) is 0 Å². The number of para-hydroxylation sites is 1. The molecule has 0 N–H and O–H groups in total. The van der Waals surface area contributed by atoms with Gasteiger partial charge in [-0.3, -0.25) is 10.1 Å². The van der Waals surface area contributed by atoms with Gasteiger partial charge in [-0.2, -0.15) is 0 Å². The van der Waals surface area contributed by atoms with Gasteiger partial charge >= 0.3 is 0 Å². The van der Waals surface area contributed by atoms with Crippen molar-refractivity contribution in [3.63, 3.8) is 0 Å². The Balaban J connectivity index is 2.13. The van der Waals surface area contributed by atoms with Gasteiger partial charge in [-0.15, -0.1) is 0 Å². The highest BCUT2D eigenvalue weighted by molar-refractivity contribution is 9.10. The second kappa shape index (κ2) is 6.85. The molecule has 0 fully saturated rings. The molecule has 6 heteroatoms. The number of alkyl halides is 1. The second-order valence-electron chi connectivity index (χ2n) is 4.06. The molecule has 2 rings (SSSR count). The van der Waals surface area contributed by atoms with Crippen molar-refractivity contribution >= 4 is 37.5 Å². The van der Waals surface area contributed by atoms with Crippen molar-refractivity contribution < 1.29 is 9.66 Å². The minimum atomic E-state index is -0.421. The molecule has 104 valence electrons. The maximum Gasteiger partial charge on any atom is 0.270 e. The molecule has 0 aliphatic heterocycles. The predicted molar refractivity (Wildman–Crippen MR) is 84.2 cm³/mol. The van der Waals surface area contributed by atoms with Crippen molar-refractivity contribution in [1.29, 1.82) is 0 Å². The molecule has 0 atom stereocenters. The number of nitrogens with zero attached hydrogens (tertiary/aromatic N) is 1. The largest absolute Gasteiger partial charge is 0.489 e. The van der Waals surface area contributed by atoms with Crippen molar-refractivity contribution in [2.24, 2.45) is 0 Å². The number of ether oxygens (including phenoxy) is 1. The first kappa shape index (κ1) is 15.0.